The van der Waals surface area contributed by atoms with Crippen molar-refractivity contribution in [3.8, 4) is 11.5 Å². The van der Waals surface area contributed by atoms with Crippen LogP contribution in [-0.2, 0) is 4.74 Å². The van der Waals surface area contributed by atoms with Crippen LogP contribution in [0.25, 0.3) is 0 Å². The molecule has 0 N–H and O–H groups in total. The molecule has 3 heteroatoms. The highest BCUT2D eigenvalue weighted by Crippen LogP contribution is 2.49. The van der Waals surface area contributed by atoms with Gasteiger partial charge in [-0.1, -0.05) is 97.1 Å². The minimum Gasteiger partial charge on any atom is -0.485 e. The van der Waals surface area contributed by atoms with Gasteiger partial charge in [0.2, 0.25) is 0 Å². The molecule has 2 aliphatic rings. The number of benzene rings is 4. The van der Waals surface area contributed by atoms with Gasteiger partial charge in [0.05, 0.1) is 12.2 Å². The van der Waals surface area contributed by atoms with Crippen LogP contribution in [0.15, 0.2) is 109 Å². The van der Waals surface area contributed by atoms with E-state index in [1.165, 1.54) is 11.1 Å². The van der Waals surface area contributed by atoms with Gasteiger partial charge in [-0.25, -0.2) is 0 Å². The van der Waals surface area contributed by atoms with E-state index in [2.05, 4.69) is 72.8 Å². The van der Waals surface area contributed by atoms with Gasteiger partial charge in [-0.2, -0.15) is 0 Å². The van der Waals surface area contributed by atoms with E-state index < -0.39 is 0 Å². The lowest BCUT2D eigenvalue weighted by Crippen LogP contribution is -2.26. The van der Waals surface area contributed by atoms with Crippen LogP contribution in [0.4, 0.5) is 0 Å². The van der Waals surface area contributed by atoms with Crippen molar-refractivity contribution >= 4 is 0 Å². The largest absolute Gasteiger partial charge is 0.485 e. The second kappa shape index (κ2) is 8.76. The summed E-state index contributed by atoms with van der Waals surface area (Å²) in [5.74, 6) is 1.81. The molecule has 0 aromatic heterocycles. The molecule has 33 heavy (non-hydrogen) atoms. The van der Waals surface area contributed by atoms with E-state index in [9.17, 15) is 0 Å². The maximum absolute atomic E-state index is 6.93. The topological polar surface area (TPSA) is 27.7 Å². The van der Waals surface area contributed by atoms with Gasteiger partial charge in [0.25, 0.3) is 0 Å². The normalized spacial score (nSPS) is 23.5. The minimum atomic E-state index is -0.0623. The summed E-state index contributed by atoms with van der Waals surface area (Å²) in [5, 5.41) is 0. The molecule has 0 amide bonds. The number of hydrogen-bond donors (Lipinski definition) is 0. The Hall–Kier alpha value is -3.56. The molecule has 2 aliphatic heterocycles. The fourth-order valence-corrected chi connectivity index (χ4v) is 4.95. The molecule has 4 atom stereocenters. The zero-order chi connectivity index (χ0) is 22.0. The van der Waals surface area contributed by atoms with Crippen LogP contribution in [0.5, 0.6) is 11.5 Å². The third kappa shape index (κ3) is 4.01. The second-order valence-electron chi connectivity index (χ2n) is 8.69. The summed E-state index contributed by atoms with van der Waals surface area (Å²) in [6.07, 6.45) is 1.35. The smallest absolute Gasteiger partial charge is 0.127 e. The molecule has 0 fully saturated rings. The molecule has 4 aromatic carbocycles. The van der Waals surface area contributed by atoms with Gasteiger partial charge in [0.1, 0.15) is 23.7 Å². The summed E-state index contributed by atoms with van der Waals surface area (Å²) in [6, 6.07) is 37.4. The molecule has 164 valence electrons. The average Bonchev–Trinajstić information content (AvgIpc) is 2.89. The second-order valence-corrected chi connectivity index (χ2v) is 8.69. The molecule has 4 aromatic rings. The van der Waals surface area contributed by atoms with Crippen LogP contribution in [0.3, 0.4) is 0 Å². The quantitative estimate of drug-likeness (QED) is 0.332. The Balaban J connectivity index is 1.33. The van der Waals surface area contributed by atoms with Crippen LogP contribution < -0.4 is 9.47 Å². The first-order chi connectivity index (χ1) is 16.3. The van der Waals surface area contributed by atoms with Crippen LogP contribution in [0.2, 0.25) is 0 Å². The van der Waals surface area contributed by atoms with Crippen LogP contribution in [0, 0.1) is 0 Å². The summed E-state index contributed by atoms with van der Waals surface area (Å²) >= 11 is 0. The first-order valence-electron chi connectivity index (χ1n) is 11.6. The molecular weight excluding hydrogens is 408 g/mol. The maximum Gasteiger partial charge on any atom is 0.127 e. The zero-order valence-corrected chi connectivity index (χ0v) is 18.3. The fraction of sp³-hybridized carbons (Fsp3) is 0.200. The molecule has 3 nitrogen and oxygen atoms in total. The lowest BCUT2D eigenvalue weighted by Gasteiger charge is -2.38. The highest BCUT2D eigenvalue weighted by atomic mass is 16.5. The lowest BCUT2D eigenvalue weighted by atomic mass is 9.92. The van der Waals surface area contributed by atoms with Crippen molar-refractivity contribution in [3.05, 3.63) is 131 Å². The van der Waals surface area contributed by atoms with E-state index in [0.29, 0.717) is 0 Å². The Morgan fingerprint density at radius 3 is 1.33 bits per heavy atom. The highest BCUT2D eigenvalue weighted by molar-refractivity contribution is 5.41. The molecule has 0 spiro atoms. The molecule has 0 aliphatic carbocycles. The van der Waals surface area contributed by atoms with E-state index in [1.807, 2.05) is 36.4 Å². The predicted molar refractivity (Wildman–Crippen MR) is 128 cm³/mol. The van der Waals surface area contributed by atoms with Crippen molar-refractivity contribution in [3.63, 3.8) is 0 Å². The van der Waals surface area contributed by atoms with Crippen molar-refractivity contribution in [2.24, 2.45) is 0 Å². The number of rotatable bonds is 4. The summed E-state index contributed by atoms with van der Waals surface area (Å²) in [7, 11) is 0. The molecule has 0 bridgehead atoms. The molecule has 4 unspecified atom stereocenters. The molecular formula is C30H26O3. The fourth-order valence-electron chi connectivity index (χ4n) is 4.95. The van der Waals surface area contributed by atoms with Gasteiger partial charge >= 0.3 is 0 Å². The summed E-state index contributed by atoms with van der Waals surface area (Å²) in [5.41, 5.74) is 4.58. The summed E-state index contributed by atoms with van der Waals surface area (Å²) in [4.78, 5) is 0. The molecule has 0 saturated carbocycles. The SMILES string of the molecule is c1ccc(C2CC(OC3CC(c4ccccc4)Oc4ccccc43)c3ccccc3O2)cc1. The third-order valence-corrected chi connectivity index (χ3v) is 6.60. The first-order valence-corrected chi connectivity index (χ1v) is 11.6. The standard InChI is InChI=1S/C30H26O3/c1-3-11-21(12-4-1)27-19-29(23-15-7-9-17-25(23)31-27)33-30-20-28(22-13-5-2-6-14-22)32-26-18-10-8-16-24(26)30/h1-18,27-30H,19-20H2. The number of para-hydroxylation sites is 2. The zero-order valence-electron chi connectivity index (χ0n) is 18.3. The molecule has 0 radical (unpaired) electrons. The molecule has 0 saturated heterocycles. The Morgan fingerprint density at radius 2 is 0.879 bits per heavy atom. The Labute approximate surface area is 194 Å². The van der Waals surface area contributed by atoms with Crippen molar-refractivity contribution in [2.45, 2.75) is 37.3 Å². The van der Waals surface area contributed by atoms with Crippen LogP contribution in [-0.4, -0.2) is 0 Å². The average molecular weight is 435 g/mol. The Bertz CT molecular complexity index is 1120. The van der Waals surface area contributed by atoms with Gasteiger partial charge < -0.3 is 14.2 Å². The third-order valence-electron chi connectivity index (χ3n) is 6.60. The van der Waals surface area contributed by atoms with Gasteiger partial charge in [0, 0.05) is 24.0 Å². The Kier molecular flexibility index (Phi) is 5.33. The van der Waals surface area contributed by atoms with Crippen molar-refractivity contribution < 1.29 is 14.2 Å². The maximum atomic E-state index is 6.93. The van der Waals surface area contributed by atoms with Gasteiger partial charge in [0.15, 0.2) is 0 Å². The molecule has 6 rings (SSSR count). The van der Waals surface area contributed by atoms with Crippen molar-refractivity contribution in [1.82, 2.24) is 0 Å². The number of ether oxygens (including phenoxy) is 3. The summed E-state index contributed by atoms with van der Waals surface area (Å²) in [6.45, 7) is 0. The van der Waals surface area contributed by atoms with E-state index in [-0.39, 0.29) is 24.4 Å². The van der Waals surface area contributed by atoms with Gasteiger partial charge in [-0.15, -0.1) is 0 Å². The highest BCUT2D eigenvalue weighted by Gasteiger charge is 2.36. The van der Waals surface area contributed by atoms with E-state index in [0.717, 1.165) is 35.5 Å². The van der Waals surface area contributed by atoms with Crippen molar-refractivity contribution in [1.29, 1.82) is 0 Å². The first kappa shape index (κ1) is 20.1. The van der Waals surface area contributed by atoms with E-state index in [1.54, 1.807) is 0 Å². The van der Waals surface area contributed by atoms with Gasteiger partial charge in [-0.05, 0) is 23.3 Å². The van der Waals surface area contributed by atoms with Crippen molar-refractivity contribution in [2.75, 3.05) is 0 Å². The lowest BCUT2D eigenvalue weighted by molar-refractivity contribution is -0.0738. The Morgan fingerprint density at radius 1 is 0.485 bits per heavy atom. The number of hydrogen-bond acceptors (Lipinski definition) is 3. The summed E-state index contributed by atoms with van der Waals surface area (Å²) < 4.78 is 19.7. The van der Waals surface area contributed by atoms with Gasteiger partial charge in [-0.3, -0.25) is 0 Å². The minimum absolute atomic E-state index is 0.0360. The predicted octanol–water partition coefficient (Wildman–Crippen LogP) is 7.53. The van der Waals surface area contributed by atoms with E-state index in [4.69, 9.17) is 14.2 Å². The number of fused-ring (bicyclic) bond motifs is 2. The monoisotopic (exact) mass is 434 g/mol. The molecule has 2 heterocycles. The van der Waals surface area contributed by atoms with E-state index >= 15 is 0 Å². The van der Waals surface area contributed by atoms with Crippen LogP contribution >= 0.6 is 0 Å². The van der Waals surface area contributed by atoms with Crippen LogP contribution in [0.1, 0.15) is 59.5 Å².